The van der Waals surface area contributed by atoms with Crippen LogP contribution in [-0.2, 0) is 0 Å². The normalized spacial score (nSPS) is 29.1. The summed E-state index contributed by atoms with van der Waals surface area (Å²) >= 11 is 5.76. The maximum absolute atomic E-state index is 10.3. The van der Waals surface area contributed by atoms with E-state index in [4.69, 9.17) is 11.6 Å². The molecule has 4 nitrogen and oxygen atoms in total. The van der Waals surface area contributed by atoms with Gasteiger partial charge in [-0.25, -0.2) is 0 Å². The van der Waals surface area contributed by atoms with Gasteiger partial charge in [0.2, 0.25) is 5.00 Å². The molecule has 1 rings (SSSR count). The Morgan fingerprint density at radius 1 is 1.82 bits per heavy atom. The molecule has 0 aromatic heterocycles. The van der Waals surface area contributed by atoms with Gasteiger partial charge < -0.3 is 5.32 Å². The van der Waals surface area contributed by atoms with Crippen molar-refractivity contribution in [1.29, 1.82) is 0 Å². The lowest BCUT2D eigenvalue weighted by Crippen LogP contribution is -2.39. The molecule has 5 heteroatoms. The van der Waals surface area contributed by atoms with Gasteiger partial charge in [-0.15, -0.1) is 0 Å². The average Bonchev–Trinajstić information content (AvgIpc) is 1.85. The highest BCUT2D eigenvalue weighted by Crippen LogP contribution is 2.24. The highest BCUT2D eigenvalue weighted by molar-refractivity contribution is 6.25. The molecule has 0 spiro atoms. The van der Waals surface area contributed by atoms with Crippen molar-refractivity contribution >= 4 is 11.6 Å². The number of dihydropyridines is 1. The van der Waals surface area contributed by atoms with Gasteiger partial charge in [0.1, 0.15) is 0 Å². The molecule has 0 aromatic carbocycles. The van der Waals surface area contributed by atoms with Crippen LogP contribution in [0.5, 0.6) is 0 Å². The molecule has 60 valence electrons. The van der Waals surface area contributed by atoms with Crippen molar-refractivity contribution in [3.63, 3.8) is 0 Å². The highest BCUT2D eigenvalue weighted by Gasteiger charge is 2.35. The molecule has 0 bridgehead atoms. The molecule has 0 saturated heterocycles. The predicted octanol–water partition coefficient (Wildman–Crippen LogP) is 1.22. The van der Waals surface area contributed by atoms with Gasteiger partial charge in [0.25, 0.3) is 5.70 Å². The molecule has 0 saturated carbocycles. The van der Waals surface area contributed by atoms with Crippen molar-refractivity contribution in [3.05, 3.63) is 34.2 Å². The molecule has 1 aliphatic rings. The van der Waals surface area contributed by atoms with Crippen LogP contribution in [0.25, 0.3) is 0 Å². The summed E-state index contributed by atoms with van der Waals surface area (Å²) < 4.78 is 0. The Morgan fingerprint density at radius 3 is 2.82 bits per heavy atom. The molecule has 1 N–H and O–H groups in total. The number of nitrogens with zero attached hydrogens (tertiary/aromatic N) is 1. The van der Waals surface area contributed by atoms with Crippen LogP contribution < -0.4 is 5.32 Å². The molecular formula is C6H7ClN2O2. The van der Waals surface area contributed by atoms with E-state index in [1.165, 1.54) is 13.0 Å². The summed E-state index contributed by atoms with van der Waals surface area (Å²) in [5.74, 6) is 0. The van der Waals surface area contributed by atoms with E-state index in [0.29, 0.717) is 0 Å². The summed E-state index contributed by atoms with van der Waals surface area (Å²) in [6.07, 6.45) is 4.49. The maximum atomic E-state index is 10.3. The van der Waals surface area contributed by atoms with E-state index in [1.807, 2.05) is 0 Å². The SMILES string of the molecule is CC1(Cl)NC=CC=C1[N+](=O)[O-]. The lowest BCUT2D eigenvalue weighted by molar-refractivity contribution is -0.432. The summed E-state index contributed by atoms with van der Waals surface area (Å²) in [4.78, 5) is 8.77. The predicted molar refractivity (Wildman–Crippen MR) is 41.6 cm³/mol. The van der Waals surface area contributed by atoms with E-state index in [9.17, 15) is 10.1 Å². The second kappa shape index (κ2) is 2.54. The first kappa shape index (κ1) is 8.07. The Kier molecular flexibility index (Phi) is 1.87. The Hall–Kier alpha value is -1.03. The monoisotopic (exact) mass is 174 g/mol. The van der Waals surface area contributed by atoms with Crippen molar-refractivity contribution in [2.75, 3.05) is 0 Å². The van der Waals surface area contributed by atoms with Crippen LogP contribution in [0.3, 0.4) is 0 Å². The van der Waals surface area contributed by atoms with E-state index in [0.717, 1.165) is 0 Å². The molecule has 1 heterocycles. The number of allylic oxidation sites excluding steroid dienone is 2. The van der Waals surface area contributed by atoms with Gasteiger partial charge >= 0.3 is 0 Å². The number of hydrogen-bond acceptors (Lipinski definition) is 3. The lowest BCUT2D eigenvalue weighted by atomic mass is 10.2. The first-order chi connectivity index (χ1) is 5.04. The Balaban J connectivity index is 2.97. The largest absolute Gasteiger partial charge is 0.364 e. The zero-order valence-electron chi connectivity index (χ0n) is 5.87. The Labute approximate surface area is 68.7 Å². The third kappa shape index (κ3) is 1.51. The lowest BCUT2D eigenvalue weighted by Gasteiger charge is -2.21. The summed E-state index contributed by atoms with van der Waals surface area (Å²) in [5.41, 5.74) is -0.0401. The molecule has 11 heavy (non-hydrogen) atoms. The summed E-state index contributed by atoms with van der Waals surface area (Å²) in [7, 11) is 0. The minimum absolute atomic E-state index is 0.0401. The molecule has 1 aliphatic heterocycles. The molecule has 0 aliphatic carbocycles. The second-order valence-corrected chi connectivity index (χ2v) is 3.07. The maximum Gasteiger partial charge on any atom is 0.286 e. The molecule has 0 amide bonds. The molecule has 1 atom stereocenters. The van der Waals surface area contributed by atoms with E-state index < -0.39 is 9.92 Å². The molecule has 1 unspecified atom stereocenters. The fourth-order valence-corrected chi connectivity index (χ4v) is 1.00. The van der Waals surface area contributed by atoms with Crippen molar-refractivity contribution in [2.45, 2.75) is 11.9 Å². The summed E-state index contributed by atoms with van der Waals surface area (Å²) in [6.45, 7) is 1.53. The summed E-state index contributed by atoms with van der Waals surface area (Å²) in [6, 6.07) is 0. The first-order valence-electron chi connectivity index (χ1n) is 3.02. The number of alkyl halides is 1. The van der Waals surface area contributed by atoms with Crippen LogP contribution in [0.4, 0.5) is 0 Å². The fourth-order valence-electron chi connectivity index (χ4n) is 0.807. The van der Waals surface area contributed by atoms with Crippen LogP contribution in [0, 0.1) is 10.1 Å². The van der Waals surface area contributed by atoms with Crippen LogP contribution in [-0.4, -0.2) is 9.92 Å². The molecular weight excluding hydrogens is 168 g/mol. The zero-order chi connectivity index (χ0) is 8.48. The van der Waals surface area contributed by atoms with Gasteiger partial charge in [-0.2, -0.15) is 0 Å². The van der Waals surface area contributed by atoms with Crippen molar-refractivity contribution in [3.8, 4) is 0 Å². The standard InChI is InChI=1S/C6H7ClN2O2/c1-6(7)5(9(10)11)3-2-4-8-6/h2-4,8H,1H3. The smallest absolute Gasteiger partial charge is 0.286 e. The number of nitro groups is 1. The van der Waals surface area contributed by atoms with Gasteiger partial charge in [-0.1, -0.05) is 11.6 Å². The fraction of sp³-hybridized carbons (Fsp3) is 0.333. The van der Waals surface area contributed by atoms with Gasteiger partial charge in [0, 0.05) is 6.08 Å². The number of hydrogen-bond donors (Lipinski definition) is 1. The van der Waals surface area contributed by atoms with E-state index in [1.54, 1.807) is 12.3 Å². The Morgan fingerprint density at radius 2 is 2.45 bits per heavy atom. The quantitative estimate of drug-likeness (QED) is 0.282. The van der Waals surface area contributed by atoms with E-state index >= 15 is 0 Å². The molecule has 0 aromatic rings. The van der Waals surface area contributed by atoms with Gasteiger partial charge in [0.15, 0.2) is 0 Å². The first-order valence-corrected chi connectivity index (χ1v) is 3.40. The van der Waals surface area contributed by atoms with Crippen molar-refractivity contribution < 1.29 is 4.92 Å². The van der Waals surface area contributed by atoms with Gasteiger partial charge in [-0.3, -0.25) is 10.1 Å². The highest BCUT2D eigenvalue weighted by atomic mass is 35.5. The minimum atomic E-state index is -1.09. The van der Waals surface area contributed by atoms with E-state index in [2.05, 4.69) is 5.32 Å². The second-order valence-electron chi connectivity index (χ2n) is 2.32. The number of rotatable bonds is 1. The van der Waals surface area contributed by atoms with Crippen LogP contribution >= 0.6 is 11.6 Å². The van der Waals surface area contributed by atoms with Gasteiger partial charge in [-0.05, 0) is 19.2 Å². The van der Waals surface area contributed by atoms with Crippen LogP contribution in [0.2, 0.25) is 0 Å². The van der Waals surface area contributed by atoms with Crippen LogP contribution in [0.1, 0.15) is 6.92 Å². The minimum Gasteiger partial charge on any atom is -0.364 e. The average molecular weight is 175 g/mol. The third-order valence-corrected chi connectivity index (χ3v) is 1.69. The van der Waals surface area contributed by atoms with Crippen molar-refractivity contribution in [2.24, 2.45) is 0 Å². The van der Waals surface area contributed by atoms with E-state index in [-0.39, 0.29) is 5.70 Å². The third-order valence-electron chi connectivity index (χ3n) is 1.38. The molecule has 0 fully saturated rings. The van der Waals surface area contributed by atoms with Crippen LogP contribution in [0.15, 0.2) is 24.0 Å². The topological polar surface area (TPSA) is 55.2 Å². The number of nitrogens with one attached hydrogen (secondary N) is 1. The number of halogens is 1. The zero-order valence-corrected chi connectivity index (χ0v) is 6.63. The van der Waals surface area contributed by atoms with Gasteiger partial charge in [0.05, 0.1) is 4.92 Å². The summed E-state index contributed by atoms with van der Waals surface area (Å²) in [5, 5.41) is 13.0. The van der Waals surface area contributed by atoms with Crippen molar-refractivity contribution in [1.82, 2.24) is 5.32 Å². The molecule has 0 radical (unpaired) electrons. The Bertz CT molecular complexity index is 245.